The number of allylic oxidation sites excluding steroid dienone is 3. The highest BCUT2D eigenvalue weighted by Crippen LogP contribution is 2.20. The van der Waals surface area contributed by atoms with Gasteiger partial charge in [-0.1, -0.05) is 25.2 Å². The van der Waals surface area contributed by atoms with E-state index in [1.807, 2.05) is 26.1 Å². The molecule has 1 heterocycles. The maximum atomic E-state index is 11.8. The average Bonchev–Trinajstić information content (AvgIpc) is 2.44. The topological polar surface area (TPSA) is 23.6 Å². The maximum absolute atomic E-state index is 11.8. The summed E-state index contributed by atoms with van der Waals surface area (Å²) in [6.07, 6.45) is 7.05. The first-order chi connectivity index (χ1) is 7.49. The van der Waals surface area contributed by atoms with Gasteiger partial charge in [0.05, 0.1) is 0 Å². The molecule has 0 aromatic carbocycles. The SMILES string of the molecule is C/C=C/CC(C)/C=C1/C(=O)N(C)C(=S)N1C. The van der Waals surface area contributed by atoms with Crippen LogP contribution in [0.3, 0.4) is 0 Å². The van der Waals surface area contributed by atoms with Crippen molar-refractivity contribution in [2.45, 2.75) is 20.3 Å². The van der Waals surface area contributed by atoms with E-state index in [-0.39, 0.29) is 5.91 Å². The predicted octanol–water partition coefficient (Wildman–Crippen LogP) is 2.16. The summed E-state index contributed by atoms with van der Waals surface area (Å²) in [5.74, 6) is 0.326. The van der Waals surface area contributed by atoms with Crippen molar-refractivity contribution >= 4 is 23.2 Å². The Morgan fingerprint density at radius 1 is 1.38 bits per heavy atom. The molecule has 1 amide bonds. The highest BCUT2D eigenvalue weighted by molar-refractivity contribution is 7.80. The van der Waals surface area contributed by atoms with Crippen molar-refractivity contribution in [1.82, 2.24) is 9.80 Å². The zero-order valence-corrected chi connectivity index (χ0v) is 11.0. The van der Waals surface area contributed by atoms with Crippen LogP contribution >= 0.6 is 12.2 Å². The van der Waals surface area contributed by atoms with E-state index in [0.717, 1.165) is 6.42 Å². The van der Waals surface area contributed by atoms with E-state index in [9.17, 15) is 4.79 Å². The van der Waals surface area contributed by atoms with Gasteiger partial charge in [0.25, 0.3) is 5.91 Å². The monoisotopic (exact) mass is 238 g/mol. The fourth-order valence-corrected chi connectivity index (χ4v) is 1.78. The number of nitrogens with zero attached hydrogens (tertiary/aromatic N) is 2. The largest absolute Gasteiger partial charge is 0.317 e. The van der Waals surface area contributed by atoms with Gasteiger partial charge in [-0.3, -0.25) is 9.69 Å². The lowest BCUT2D eigenvalue weighted by Crippen LogP contribution is -2.26. The van der Waals surface area contributed by atoms with Gasteiger partial charge >= 0.3 is 0 Å². The summed E-state index contributed by atoms with van der Waals surface area (Å²) in [5.41, 5.74) is 0.685. The molecule has 4 heteroatoms. The minimum absolute atomic E-state index is 0.0140. The maximum Gasteiger partial charge on any atom is 0.276 e. The highest BCUT2D eigenvalue weighted by Gasteiger charge is 2.32. The molecule has 1 unspecified atom stereocenters. The molecule has 0 spiro atoms. The molecule has 0 N–H and O–H groups in total. The van der Waals surface area contributed by atoms with E-state index in [4.69, 9.17) is 12.2 Å². The van der Waals surface area contributed by atoms with Crippen LogP contribution in [0, 0.1) is 5.92 Å². The second kappa shape index (κ2) is 5.25. The van der Waals surface area contributed by atoms with Gasteiger partial charge in [0.1, 0.15) is 5.70 Å². The van der Waals surface area contributed by atoms with Gasteiger partial charge in [0.2, 0.25) is 0 Å². The normalized spacial score (nSPS) is 21.6. The summed E-state index contributed by atoms with van der Waals surface area (Å²) < 4.78 is 0. The summed E-state index contributed by atoms with van der Waals surface area (Å²) in [4.78, 5) is 15.1. The molecule has 0 saturated carbocycles. The molecule has 0 aliphatic carbocycles. The van der Waals surface area contributed by atoms with E-state index in [1.54, 1.807) is 11.9 Å². The standard InChI is InChI=1S/C12H18N2OS/c1-5-6-7-9(2)8-10-11(15)14(4)12(16)13(10)3/h5-6,8-9H,7H2,1-4H3/b6-5+,10-8-. The average molecular weight is 238 g/mol. The minimum Gasteiger partial charge on any atom is -0.317 e. The molecule has 0 aromatic rings. The minimum atomic E-state index is -0.0140. The Morgan fingerprint density at radius 2 is 2.00 bits per heavy atom. The van der Waals surface area contributed by atoms with E-state index in [0.29, 0.717) is 16.7 Å². The molecule has 3 nitrogen and oxygen atoms in total. The fourth-order valence-electron chi connectivity index (χ4n) is 1.60. The van der Waals surface area contributed by atoms with Gasteiger partial charge in [0.15, 0.2) is 5.11 Å². The zero-order valence-electron chi connectivity index (χ0n) is 10.2. The second-order valence-electron chi connectivity index (χ2n) is 4.04. The van der Waals surface area contributed by atoms with Gasteiger partial charge < -0.3 is 4.90 Å². The van der Waals surface area contributed by atoms with Crippen molar-refractivity contribution < 1.29 is 4.79 Å². The van der Waals surface area contributed by atoms with Crippen LogP contribution in [-0.4, -0.2) is 34.9 Å². The Morgan fingerprint density at radius 3 is 2.44 bits per heavy atom. The highest BCUT2D eigenvalue weighted by atomic mass is 32.1. The molecule has 0 aromatic heterocycles. The van der Waals surface area contributed by atoms with Crippen molar-refractivity contribution in [1.29, 1.82) is 0 Å². The van der Waals surface area contributed by atoms with Crippen LogP contribution in [0.25, 0.3) is 0 Å². The number of likely N-dealkylation sites (N-methyl/N-ethyl adjacent to an activating group) is 2. The van der Waals surface area contributed by atoms with Gasteiger partial charge in [0, 0.05) is 14.1 Å². The Kier molecular flexibility index (Phi) is 4.24. The predicted molar refractivity (Wildman–Crippen MR) is 69.8 cm³/mol. The van der Waals surface area contributed by atoms with Crippen LogP contribution < -0.4 is 0 Å². The van der Waals surface area contributed by atoms with Gasteiger partial charge in [-0.2, -0.15) is 0 Å². The molecular formula is C12H18N2OS. The lowest BCUT2D eigenvalue weighted by Gasteiger charge is -2.12. The third-order valence-electron chi connectivity index (χ3n) is 2.64. The summed E-state index contributed by atoms with van der Waals surface area (Å²) in [6, 6.07) is 0. The molecule has 1 rings (SSSR count). The van der Waals surface area contributed by atoms with Crippen molar-refractivity contribution in [2.75, 3.05) is 14.1 Å². The first kappa shape index (κ1) is 12.9. The number of thiocarbonyl (C=S) groups is 1. The van der Waals surface area contributed by atoms with Crippen LogP contribution in [0.1, 0.15) is 20.3 Å². The Labute approximate surface area is 102 Å². The number of hydrogen-bond donors (Lipinski definition) is 0. The first-order valence-corrected chi connectivity index (χ1v) is 5.78. The molecule has 1 saturated heterocycles. The zero-order chi connectivity index (χ0) is 12.3. The summed E-state index contributed by atoms with van der Waals surface area (Å²) in [5, 5.41) is 0.564. The van der Waals surface area contributed by atoms with Crippen LogP contribution in [0.4, 0.5) is 0 Å². The van der Waals surface area contributed by atoms with Gasteiger partial charge in [-0.25, -0.2) is 0 Å². The summed E-state index contributed by atoms with van der Waals surface area (Å²) >= 11 is 5.14. The Hall–Kier alpha value is -1.16. The van der Waals surface area contributed by atoms with E-state index in [1.165, 1.54) is 4.90 Å². The number of carbonyl (C=O) groups excluding carboxylic acids is 1. The lowest BCUT2D eigenvalue weighted by atomic mass is 10.1. The molecule has 0 radical (unpaired) electrons. The van der Waals surface area contributed by atoms with Crippen molar-refractivity contribution in [3.63, 3.8) is 0 Å². The number of rotatable bonds is 3. The third kappa shape index (κ3) is 2.50. The molecule has 1 fully saturated rings. The first-order valence-electron chi connectivity index (χ1n) is 5.37. The van der Waals surface area contributed by atoms with Crippen molar-refractivity contribution in [3.05, 3.63) is 23.9 Å². The third-order valence-corrected chi connectivity index (χ3v) is 3.19. The Balaban J connectivity index is 2.83. The van der Waals surface area contributed by atoms with Crippen molar-refractivity contribution in [2.24, 2.45) is 5.92 Å². The number of amides is 1. The molecule has 1 aliphatic rings. The molecule has 16 heavy (non-hydrogen) atoms. The van der Waals surface area contributed by atoms with E-state index < -0.39 is 0 Å². The summed E-state index contributed by atoms with van der Waals surface area (Å²) in [6.45, 7) is 4.09. The van der Waals surface area contributed by atoms with Crippen LogP contribution in [0.15, 0.2) is 23.9 Å². The number of carbonyl (C=O) groups is 1. The van der Waals surface area contributed by atoms with E-state index >= 15 is 0 Å². The van der Waals surface area contributed by atoms with Crippen molar-refractivity contribution in [3.8, 4) is 0 Å². The van der Waals surface area contributed by atoms with E-state index in [2.05, 4.69) is 13.0 Å². The molecule has 1 atom stereocenters. The fraction of sp³-hybridized carbons (Fsp3) is 0.500. The molecule has 88 valence electrons. The smallest absolute Gasteiger partial charge is 0.276 e. The quantitative estimate of drug-likeness (QED) is 0.428. The lowest BCUT2D eigenvalue weighted by molar-refractivity contribution is -0.121. The Bertz CT molecular complexity index is 360. The van der Waals surface area contributed by atoms with Gasteiger partial charge in [-0.05, 0) is 31.5 Å². The molecule has 1 aliphatic heterocycles. The van der Waals surface area contributed by atoms with Crippen LogP contribution in [0.2, 0.25) is 0 Å². The van der Waals surface area contributed by atoms with Gasteiger partial charge in [-0.15, -0.1) is 0 Å². The second-order valence-corrected chi connectivity index (χ2v) is 4.40. The summed E-state index contributed by atoms with van der Waals surface area (Å²) in [7, 11) is 3.54. The van der Waals surface area contributed by atoms with Crippen LogP contribution in [0.5, 0.6) is 0 Å². The molecular weight excluding hydrogens is 220 g/mol. The number of hydrogen-bond acceptors (Lipinski definition) is 2. The van der Waals surface area contributed by atoms with Crippen LogP contribution in [-0.2, 0) is 4.79 Å². The molecule has 0 bridgehead atoms.